The minimum atomic E-state index is -3.67. The first-order valence-corrected chi connectivity index (χ1v) is 11.5. The van der Waals surface area contributed by atoms with Gasteiger partial charge in [0.15, 0.2) is 0 Å². The van der Waals surface area contributed by atoms with Crippen molar-refractivity contribution in [3.63, 3.8) is 0 Å². The van der Waals surface area contributed by atoms with Crippen molar-refractivity contribution >= 4 is 21.6 Å². The summed E-state index contributed by atoms with van der Waals surface area (Å²) in [6, 6.07) is 8.64. The summed E-state index contributed by atoms with van der Waals surface area (Å²) in [6.45, 7) is 5.63. The second-order valence-corrected chi connectivity index (χ2v) is 9.63. The number of hydrogen-bond acceptors (Lipinski definition) is 5. The molecule has 0 radical (unpaired) electrons. The van der Waals surface area contributed by atoms with Crippen LogP contribution in [-0.4, -0.2) is 44.9 Å². The summed E-state index contributed by atoms with van der Waals surface area (Å²) in [5.74, 6) is 0.742. The maximum atomic E-state index is 13.0. The number of benzene rings is 1. The van der Waals surface area contributed by atoms with Gasteiger partial charge < -0.3 is 9.32 Å². The molecule has 4 rings (SSSR count). The number of furan rings is 1. The second kappa shape index (κ2) is 7.93. The van der Waals surface area contributed by atoms with Crippen LogP contribution in [0.25, 0.3) is 0 Å². The molecule has 0 spiro atoms. The summed E-state index contributed by atoms with van der Waals surface area (Å²) in [7, 11) is -3.67. The molecule has 29 heavy (non-hydrogen) atoms. The smallest absolute Gasteiger partial charge is 0.240 e. The molecule has 1 fully saturated rings. The van der Waals surface area contributed by atoms with E-state index in [4.69, 9.17) is 4.42 Å². The van der Waals surface area contributed by atoms with Crippen LogP contribution in [0.5, 0.6) is 0 Å². The van der Waals surface area contributed by atoms with Gasteiger partial charge in [0.1, 0.15) is 5.76 Å². The number of carbonyl (C=O) groups excluding carboxylic acids is 1. The van der Waals surface area contributed by atoms with Crippen LogP contribution in [0, 0.1) is 0 Å². The quantitative estimate of drug-likeness (QED) is 0.781. The summed E-state index contributed by atoms with van der Waals surface area (Å²) in [4.78, 5) is 16.1. The minimum Gasteiger partial charge on any atom is -0.468 e. The summed E-state index contributed by atoms with van der Waals surface area (Å²) < 4.78 is 34.3. The average molecular weight is 418 g/mol. The fourth-order valence-corrected chi connectivity index (χ4v) is 5.56. The predicted octanol–water partition coefficient (Wildman–Crippen LogP) is 2.69. The first kappa shape index (κ1) is 20.1. The molecule has 0 aliphatic carbocycles. The van der Waals surface area contributed by atoms with E-state index in [1.165, 1.54) is 6.92 Å². The summed E-state index contributed by atoms with van der Waals surface area (Å²) in [5.41, 5.74) is 1.69. The highest BCUT2D eigenvalue weighted by Crippen LogP contribution is 2.34. The molecule has 1 aromatic heterocycles. The molecule has 7 nitrogen and oxygen atoms in total. The Labute approximate surface area is 171 Å². The molecule has 1 N–H and O–H groups in total. The standard InChI is InChI=1S/C21H27N3O4S/c1-15-12-17-13-18(7-8-19(17)24(15)16(2)25)29(26,27)22-14-20(21-6-5-11-28-21)23-9-3-4-10-23/h5-8,11,13,15,20,22H,3-4,9-10,12,14H2,1-2H3. The fourth-order valence-electron chi connectivity index (χ4n) is 4.47. The Balaban J connectivity index is 1.53. The number of nitrogens with one attached hydrogen (secondary N) is 1. The van der Waals surface area contributed by atoms with Crippen LogP contribution in [0.2, 0.25) is 0 Å². The molecule has 0 bridgehead atoms. The van der Waals surface area contributed by atoms with Crippen molar-refractivity contribution in [1.29, 1.82) is 0 Å². The molecular weight excluding hydrogens is 390 g/mol. The monoisotopic (exact) mass is 417 g/mol. The second-order valence-electron chi connectivity index (χ2n) is 7.86. The summed E-state index contributed by atoms with van der Waals surface area (Å²) in [5, 5.41) is 0. The van der Waals surface area contributed by atoms with Crippen LogP contribution in [-0.2, 0) is 21.2 Å². The van der Waals surface area contributed by atoms with E-state index in [2.05, 4.69) is 9.62 Å². The highest BCUT2D eigenvalue weighted by atomic mass is 32.2. The third kappa shape index (κ3) is 3.97. The average Bonchev–Trinajstić information content (AvgIpc) is 3.42. The SMILES string of the molecule is CC(=O)N1c2ccc(S(=O)(=O)NCC(c3ccco3)N3CCCC3)cc2CC1C. The van der Waals surface area contributed by atoms with Gasteiger partial charge in [0.05, 0.1) is 17.2 Å². The molecular formula is C21H27N3O4S. The molecule has 1 amide bonds. The Bertz CT molecular complexity index is 981. The van der Waals surface area contributed by atoms with Crippen molar-refractivity contribution in [2.75, 3.05) is 24.5 Å². The summed E-state index contributed by atoms with van der Waals surface area (Å²) >= 11 is 0. The molecule has 2 aliphatic rings. The fraction of sp³-hybridized carbons (Fsp3) is 0.476. The molecule has 2 unspecified atom stereocenters. The molecule has 2 atom stereocenters. The zero-order valence-electron chi connectivity index (χ0n) is 16.8. The van der Waals surface area contributed by atoms with Gasteiger partial charge in [0, 0.05) is 25.2 Å². The number of anilines is 1. The van der Waals surface area contributed by atoms with E-state index in [-0.39, 0.29) is 29.4 Å². The summed E-state index contributed by atoms with van der Waals surface area (Å²) in [6.07, 6.45) is 4.50. The normalized spacial score (nSPS) is 20.8. The van der Waals surface area contributed by atoms with Crippen molar-refractivity contribution in [2.45, 2.75) is 50.1 Å². The van der Waals surface area contributed by atoms with Crippen molar-refractivity contribution in [3.8, 4) is 0 Å². The Morgan fingerprint density at radius 3 is 2.69 bits per heavy atom. The molecule has 2 aliphatic heterocycles. The number of carbonyl (C=O) groups is 1. The number of fused-ring (bicyclic) bond motifs is 1. The van der Waals surface area contributed by atoms with Gasteiger partial charge in [-0.05, 0) is 75.2 Å². The van der Waals surface area contributed by atoms with Gasteiger partial charge in [-0.1, -0.05) is 0 Å². The lowest BCUT2D eigenvalue weighted by Gasteiger charge is -2.26. The molecule has 1 aromatic carbocycles. The van der Waals surface area contributed by atoms with E-state index >= 15 is 0 Å². The van der Waals surface area contributed by atoms with Crippen LogP contribution in [0.4, 0.5) is 5.69 Å². The van der Waals surface area contributed by atoms with E-state index in [0.717, 1.165) is 42.9 Å². The molecule has 0 saturated carbocycles. The zero-order chi connectivity index (χ0) is 20.6. The third-order valence-corrected chi connectivity index (χ3v) is 7.26. The first-order chi connectivity index (χ1) is 13.9. The van der Waals surface area contributed by atoms with Crippen LogP contribution in [0.15, 0.2) is 45.9 Å². The highest BCUT2D eigenvalue weighted by Gasteiger charge is 2.31. The number of rotatable bonds is 6. The third-order valence-electron chi connectivity index (χ3n) is 5.84. The maximum absolute atomic E-state index is 13.0. The van der Waals surface area contributed by atoms with Gasteiger partial charge in [-0.3, -0.25) is 9.69 Å². The van der Waals surface area contributed by atoms with Gasteiger partial charge in [0.2, 0.25) is 15.9 Å². The van der Waals surface area contributed by atoms with E-state index in [9.17, 15) is 13.2 Å². The van der Waals surface area contributed by atoms with Crippen molar-refractivity contribution in [3.05, 3.63) is 47.9 Å². The maximum Gasteiger partial charge on any atom is 0.240 e. The van der Waals surface area contributed by atoms with E-state index in [1.807, 2.05) is 19.1 Å². The molecule has 8 heteroatoms. The topological polar surface area (TPSA) is 82.9 Å². The number of nitrogens with zero attached hydrogens (tertiary/aromatic N) is 2. The molecule has 2 aromatic rings. The minimum absolute atomic E-state index is 0.0307. The predicted molar refractivity (Wildman–Crippen MR) is 110 cm³/mol. The lowest BCUT2D eigenvalue weighted by molar-refractivity contribution is -0.116. The van der Waals surface area contributed by atoms with Gasteiger partial charge >= 0.3 is 0 Å². The van der Waals surface area contributed by atoms with Crippen molar-refractivity contribution in [2.24, 2.45) is 0 Å². The highest BCUT2D eigenvalue weighted by molar-refractivity contribution is 7.89. The number of amides is 1. The molecule has 3 heterocycles. The first-order valence-electron chi connectivity index (χ1n) is 10.1. The van der Waals surface area contributed by atoms with E-state index in [1.54, 1.807) is 29.4 Å². The van der Waals surface area contributed by atoms with Crippen LogP contribution < -0.4 is 9.62 Å². The Hall–Kier alpha value is -2.16. The van der Waals surface area contributed by atoms with Crippen LogP contribution in [0.3, 0.4) is 0 Å². The number of hydrogen-bond donors (Lipinski definition) is 1. The van der Waals surface area contributed by atoms with Gasteiger partial charge in [-0.15, -0.1) is 0 Å². The number of sulfonamides is 1. The van der Waals surface area contributed by atoms with E-state index in [0.29, 0.717) is 6.42 Å². The van der Waals surface area contributed by atoms with Gasteiger partial charge in [-0.2, -0.15) is 0 Å². The lowest BCUT2D eigenvalue weighted by atomic mass is 10.1. The lowest BCUT2D eigenvalue weighted by Crippen LogP contribution is -2.36. The van der Waals surface area contributed by atoms with E-state index < -0.39 is 10.0 Å². The molecule has 1 saturated heterocycles. The Morgan fingerprint density at radius 2 is 2.03 bits per heavy atom. The Morgan fingerprint density at radius 1 is 1.28 bits per heavy atom. The largest absolute Gasteiger partial charge is 0.468 e. The zero-order valence-corrected chi connectivity index (χ0v) is 17.6. The molecule has 156 valence electrons. The van der Waals surface area contributed by atoms with Gasteiger partial charge in [-0.25, -0.2) is 13.1 Å². The Kier molecular flexibility index (Phi) is 5.50. The van der Waals surface area contributed by atoms with Crippen molar-refractivity contribution in [1.82, 2.24) is 9.62 Å². The number of likely N-dealkylation sites (tertiary alicyclic amines) is 1. The van der Waals surface area contributed by atoms with Crippen molar-refractivity contribution < 1.29 is 17.6 Å². The van der Waals surface area contributed by atoms with Crippen LogP contribution >= 0.6 is 0 Å². The van der Waals surface area contributed by atoms with Gasteiger partial charge in [0.25, 0.3) is 0 Å². The van der Waals surface area contributed by atoms with Crippen LogP contribution in [0.1, 0.15) is 44.1 Å².